The molecular formula is C15H14ClNOS. The van der Waals surface area contributed by atoms with Crippen LogP contribution in [0.5, 0.6) is 0 Å². The molecule has 2 aromatic rings. The minimum absolute atomic E-state index is 0.153. The van der Waals surface area contributed by atoms with E-state index in [-0.39, 0.29) is 5.91 Å². The monoisotopic (exact) mass is 291 g/mol. The van der Waals surface area contributed by atoms with Gasteiger partial charge in [-0.25, -0.2) is 0 Å². The Morgan fingerprint density at radius 3 is 2.42 bits per heavy atom. The summed E-state index contributed by atoms with van der Waals surface area (Å²) >= 11 is 10.3. The summed E-state index contributed by atoms with van der Waals surface area (Å²) in [7, 11) is 0. The number of benzene rings is 2. The van der Waals surface area contributed by atoms with Crippen LogP contribution in [0.1, 0.15) is 5.56 Å². The third-order valence-electron chi connectivity index (χ3n) is 2.71. The topological polar surface area (TPSA) is 29.1 Å². The van der Waals surface area contributed by atoms with Crippen LogP contribution in [0.25, 0.3) is 0 Å². The average Bonchev–Trinajstić information content (AvgIpc) is 2.42. The summed E-state index contributed by atoms with van der Waals surface area (Å²) in [5, 5.41) is 2.90. The number of hydrogen-bond acceptors (Lipinski definition) is 2. The molecule has 1 unspecified atom stereocenters. The van der Waals surface area contributed by atoms with Gasteiger partial charge in [0.05, 0.1) is 16.0 Å². The predicted octanol–water partition coefficient (Wildman–Crippen LogP) is 3.82. The van der Waals surface area contributed by atoms with Gasteiger partial charge in [-0.15, -0.1) is 0 Å². The van der Waals surface area contributed by atoms with Gasteiger partial charge in [0.2, 0.25) is 5.91 Å². The number of hydrogen-bond donors (Lipinski definition) is 2. The maximum absolute atomic E-state index is 12.0. The van der Waals surface area contributed by atoms with Crippen molar-refractivity contribution in [2.75, 3.05) is 5.32 Å². The quantitative estimate of drug-likeness (QED) is 0.824. The van der Waals surface area contributed by atoms with E-state index in [9.17, 15) is 4.79 Å². The molecule has 1 N–H and O–H groups in total. The molecule has 0 spiro atoms. The minimum atomic E-state index is -0.404. The predicted molar refractivity (Wildman–Crippen MR) is 83.0 cm³/mol. The standard InChI is InChI=1S/C15H14ClNOS/c16-12-8-4-5-9-13(12)17-15(18)14(19)10-11-6-2-1-3-7-11/h1-9,14,19H,10H2,(H,17,18). The van der Waals surface area contributed by atoms with Crippen LogP contribution >= 0.6 is 24.2 Å². The molecule has 2 aromatic carbocycles. The average molecular weight is 292 g/mol. The van der Waals surface area contributed by atoms with Crippen molar-refractivity contribution in [1.29, 1.82) is 0 Å². The van der Waals surface area contributed by atoms with Gasteiger partial charge in [-0.2, -0.15) is 12.6 Å². The van der Waals surface area contributed by atoms with Crippen LogP contribution in [-0.4, -0.2) is 11.2 Å². The maximum Gasteiger partial charge on any atom is 0.237 e. The minimum Gasteiger partial charge on any atom is -0.324 e. The molecule has 0 bridgehead atoms. The molecule has 4 heteroatoms. The normalized spacial score (nSPS) is 11.9. The molecule has 2 rings (SSSR count). The van der Waals surface area contributed by atoms with Gasteiger partial charge in [-0.3, -0.25) is 4.79 Å². The fourth-order valence-corrected chi connectivity index (χ4v) is 2.17. The first kappa shape index (κ1) is 14.0. The Bertz CT molecular complexity index is 559. The van der Waals surface area contributed by atoms with E-state index in [2.05, 4.69) is 17.9 Å². The molecule has 19 heavy (non-hydrogen) atoms. The molecule has 1 atom stereocenters. The zero-order valence-corrected chi connectivity index (χ0v) is 11.9. The van der Waals surface area contributed by atoms with Gasteiger partial charge in [0.25, 0.3) is 0 Å². The zero-order chi connectivity index (χ0) is 13.7. The number of carbonyl (C=O) groups excluding carboxylic acids is 1. The summed E-state index contributed by atoms with van der Waals surface area (Å²) in [6.07, 6.45) is 0.584. The lowest BCUT2D eigenvalue weighted by atomic mass is 10.1. The Hall–Kier alpha value is -1.45. The van der Waals surface area contributed by atoms with Gasteiger partial charge < -0.3 is 5.32 Å². The van der Waals surface area contributed by atoms with E-state index in [1.165, 1.54) is 0 Å². The molecule has 1 amide bonds. The molecule has 2 nitrogen and oxygen atoms in total. The molecule has 0 aliphatic heterocycles. The maximum atomic E-state index is 12.0. The van der Waals surface area contributed by atoms with Crippen molar-refractivity contribution in [3.8, 4) is 0 Å². The van der Waals surface area contributed by atoms with E-state index in [1.54, 1.807) is 12.1 Å². The van der Waals surface area contributed by atoms with E-state index >= 15 is 0 Å². The van der Waals surface area contributed by atoms with Gasteiger partial charge in [0.1, 0.15) is 0 Å². The van der Waals surface area contributed by atoms with Crippen molar-refractivity contribution in [1.82, 2.24) is 0 Å². The molecule has 0 fully saturated rings. The lowest BCUT2D eigenvalue weighted by molar-refractivity contribution is -0.115. The summed E-state index contributed by atoms with van der Waals surface area (Å²) in [5.74, 6) is -0.153. The molecule has 98 valence electrons. The second kappa shape index (κ2) is 6.64. The van der Waals surface area contributed by atoms with Crippen LogP contribution in [0.2, 0.25) is 5.02 Å². The molecule has 0 saturated carbocycles. The second-order valence-corrected chi connectivity index (χ2v) is 5.21. The van der Waals surface area contributed by atoms with E-state index in [1.807, 2.05) is 42.5 Å². The van der Waals surface area contributed by atoms with Gasteiger partial charge >= 0.3 is 0 Å². The number of carbonyl (C=O) groups is 1. The lowest BCUT2D eigenvalue weighted by Gasteiger charge is -2.12. The molecule has 0 aromatic heterocycles. The molecule has 0 saturated heterocycles. The highest BCUT2D eigenvalue weighted by molar-refractivity contribution is 7.81. The number of anilines is 1. The first-order valence-electron chi connectivity index (χ1n) is 5.94. The first-order valence-corrected chi connectivity index (χ1v) is 6.83. The Morgan fingerprint density at radius 2 is 1.74 bits per heavy atom. The van der Waals surface area contributed by atoms with Crippen molar-refractivity contribution in [3.05, 3.63) is 65.2 Å². The number of halogens is 1. The fourth-order valence-electron chi connectivity index (χ4n) is 1.71. The highest BCUT2D eigenvalue weighted by Crippen LogP contribution is 2.21. The fraction of sp³-hybridized carbons (Fsp3) is 0.133. The van der Waals surface area contributed by atoms with Crippen LogP contribution in [0.4, 0.5) is 5.69 Å². The summed E-state index contributed by atoms with van der Waals surface area (Å²) in [4.78, 5) is 12.0. The van der Waals surface area contributed by atoms with Crippen LogP contribution in [0.15, 0.2) is 54.6 Å². The van der Waals surface area contributed by atoms with E-state index in [4.69, 9.17) is 11.6 Å². The first-order chi connectivity index (χ1) is 9.16. The number of nitrogens with one attached hydrogen (secondary N) is 1. The Morgan fingerprint density at radius 1 is 1.11 bits per heavy atom. The highest BCUT2D eigenvalue weighted by atomic mass is 35.5. The molecule has 0 aliphatic rings. The summed E-state index contributed by atoms with van der Waals surface area (Å²) in [6, 6.07) is 16.9. The third kappa shape index (κ3) is 4.01. The Kier molecular flexibility index (Phi) is 4.88. The van der Waals surface area contributed by atoms with Crippen molar-refractivity contribution in [3.63, 3.8) is 0 Å². The van der Waals surface area contributed by atoms with E-state index in [0.29, 0.717) is 17.1 Å². The van der Waals surface area contributed by atoms with Crippen LogP contribution < -0.4 is 5.32 Å². The Balaban J connectivity index is 1.99. The van der Waals surface area contributed by atoms with Crippen molar-refractivity contribution >= 4 is 35.8 Å². The van der Waals surface area contributed by atoms with Crippen LogP contribution in [0, 0.1) is 0 Å². The van der Waals surface area contributed by atoms with Gasteiger partial charge in [0.15, 0.2) is 0 Å². The van der Waals surface area contributed by atoms with Crippen molar-refractivity contribution in [2.45, 2.75) is 11.7 Å². The Labute approximate surface area is 123 Å². The second-order valence-electron chi connectivity index (χ2n) is 4.17. The van der Waals surface area contributed by atoms with Gasteiger partial charge in [0, 0.05) is 0 Å². The highest BCUT2D eigenvalue weighted by Gasteiger charge is 2.15. The number of thiol groups is 1. The van der Waals surface area contributed by atoms with Crippen molar-refractivity contribution in [2.24, 2.45) is 0 Å². The smallest absolute Gasteiger partial charge is 0.237 e. The van der Waals surface area contributed by atoms with Crippen LogP contribution in [0.3, 0.4) is 0 Å². The summed E-state index contributed by atoms with van der Waals surface area (Å²) < 4.78 is 0. The van der Waals surface area contributed by atoms with Crippen molar-refractivity contribution < 1.29 is 4.79 Å². The summed E-state index contributed by atoms with van der Waals surface area (Å²) in [6.45, 7) is 0. The van der Waals surface area contributed by atoms with Gasteiger partial charge in [-0.1, -0.05) is 54.1 Å². The molecule has 0 aliphatic carbocycles. The number of para-hydroxylation sites is 1. The number of rotatable bonds is 4. The van der Waals surface area contributed by atoms with E-state index in [0.717, 1.165) is 5.56 Å². The largest absolute Gasteiger partial charge is 0.324 e. The van der Waals surface area contributed by atoms with E-state index < -0.39 is 5.25 Å². The molecule has 0 radical (unpaired) electrons. The SMILES string of the molecule is O=C(Nc1ccccc1Cl)C(S)Cc1ccccc1. The lowest BCUT2D eigenvalue weighted by Crippen LogP contribution is -2.25. The third-order valence-corrected chi connectivity index (χ3v) is 3.45. The van der Waals surface area contributed by atoms with Gasteiger partial charge in [-0.05, 0) is 24.1 Å². The van der Waals surface area contributed by atoms with Crippen LogP contribution in [-0.2, 0) is 11.2 Å². The zero-order valence-electron chi connectivity index (χ0n) is 10.2. The summed E-state index contributed by atoms with van der Waals surface area (Å²) in [5.41, 5.74) is 1.69. The number of amides is 1. The molecule has 0 heterocycles. The molecular weight excluding hydrogens is 278 g/mol.